The maximum Gasteiger partial charge on any atom is 0.150 e. The van der Waals surface area contributed by atoms with Crippen molar-refractivity contribution in [2.24, 2.45) is 0 Å². The molecule has 0 amide bonds. The molecule has 0 radical (unpaired) electrons. The second-order valence-electron chi connectivity index (χ2n) is 4.50. The molecule has 0 aromatic carbocycles. The third-order valence-electron chi connectivity index (χ3n) is 3.01. The molecule has 0 spiro atoms. The van der Waals surface area contributed by atoms with E-state index in [0.717, 1.165) is 27.8 Å². The Labute approximate surface area is 121 Å². The second-order valence-corrected chi connectivity index (χ2v) is 5.44. The monoisotopic (exact) mass is 285 g/mol. The minimum absolute atomic E-state index is 0.686. The molecule has 0 aliphatic carbocycles. The minimum Gasteiger partial charge on any atom is -0.497 e. The van der Waals surface area contributed by atoms with E-state index in [2.05, 4.69) is 26.0 Å². The zero-order valence-electron chi connectivity index (χ0n) is 11.4. The van der Waals surface area contributed by atoms with Crippen LogP contribution in [0.5, 0.6) is 5.75 Å². The van der Waals surface area contributed by atoms with E-state index in [9.17, 15) is 0 Å². The van der Waals surface area contributed by atoms with E-state index in [4.69, 9.17) is 4.74 Å². The van der Waals surface area contributed by atoms with Crippen molar-refractivity contribution in [3.63, 3.8) is 0 Å². The number of pyridine rings is 1. The third kappa shape index (κ3) is 2.58. The number of methoxy groups -OCH3 is 1. The first kappa shape index (κ1) is 12.9. The molecule has 0 bridgehead atoms. The van der Waals surface area contributed by atoms with Crippen LogP contribution in [-0.4, -0.2) is 21.6 Å². The van der Waals surface area contributed by atoms with Crippen molar-refractivity contribution in [1.29, 1.82) is 0 Å². The van der Waals surface area contributed by atoms with Crippen LogP contribution in [0.1, 0.15) is 11.4 Å². The van der Waals surface area contributed by atoms with Gasteiger partial charge in [-0.05, 0) is 18.4 Å². The van der Waals surface area contributed by atoms with E-state index >= 15 is 0 Å². The summed E-state index contributed by atoms with van der Waals surface area (Å²) < 4.78 is 7.40. The van der Waals surface area contributed by atoms with Crippen LogP contribution in [0.3, 0.4) is 0 Å². The molecule has 4 nitrogen and oxygen atoms in total. The number of rotatable bonds is 4. The molecule has 0 unspecified atom stereocenters. The molecule has 3 rings (SSSR count). The molecular formula is C15H15N3OS. The number of aryl methyl sites for hydroxylation is 1. The van der Waals surface area contributed by atoms with Gasteiger partial charge in [-0.25, -0.2) is 4.98 Å². The van der Waals surface area contributed by atoms with E-state index < -0.39 is 0 Å². The number of imidazole rings is 1. The maximum absolute atomic E-state index is 5.29. The largest absolute Gasteiger partial charge is 0.497 e. The number of thiophene rings is 1. The standard InChI is InChI=1S/C15H15N3OS/c1-11-8-13(19-2)9-12(17-11)10-18-6-5-16-15(18)14-4-3-7-20-14/h3-9H,10H2,1-2H3. The summed E-state index contributed by atoms with van der Waals surface area (Å²) in [4.78, 5) is 10.1. The van der Waals surface area contributed by atoms with Crippen molar-refractivity contribution in [3.05, 3.63) is 53.4 Å². The van der Waals surface area contributed by atoms with E-state index in [1.165, 1.54) is 0 Å². The van der Waals surface area contributed by atoms with Gasteiger partial charge in [-0.2, -0.15) is 0 Å². The minimum atomic E-state index is 0.686. The molecule has 0 saturated carbocycles. The van der Waals surface area contributed by atoms with Gasteiger partial charge >= 0.3 is 0 Å². The number of ether oxygens (including phenoxy) is 1. The number of hydrogen-bond donors (Lipinski definition) is 0. The van der Waals surface area contributed by atoms with Crippen LogP contribution in [0.25, 0.3) is 10.7 Å². The molecule has 3 aromatic rings. The summed E-state index contributed by atoms with van der Waals surface area (Å²) in [5.41, 5.74) is 1.93. The molecule has 0 aliphatic heterocycles. The first-order valence-corrected chi connectivity index (χ1v) is 7.21. The molecule has 3 aromatic heterocycles. The molecule has 5 heteroatoms. The molecule has 102 valence electrons. The van der Waals surface area contributed by atoms with Gasteiger partial charge < -0.3 is 9.30 Å². The van der Waals surface area contributed by atoms with Crippen LogP contribution in [0.15, 0.2) is 42.0 Å². The first-order chi connectivity index (χ1) is 9.76. The average molecular weight is 285 g/mol. The van der Waals surface area contributed by atoms with Gasteiger partial charge in [-0.15, -0.1) is 11.3 Å². The predicted octanol–water partition coefficient (Wildman–Crippen LogP) is 3.37. The van der Waals surface area contributed by atoms with E-state index in [1.54, 1.807) is 18.4 Å². The zero-order chi connectivity index (χ0) is 13.9. The highest BCUT2D eigenvalue weighted by molar-refractivity contribution is 7.13. The van der Waals surface area contributed by atoms with Crippen LogP contribution >= 0.6 is 11.3 Å². The molecular weight excluding hydrogens is 270 g/mol. The van der Waals surface area contributed by atoms with Gasteiger partial charge in [0.1, 0.15) is 11.6 Å². The fraction of sp³-hybridized carbons (Fsp3) is 0.200. The first-order valence-electron chi connectivity index (χ1n) is 6.33. The van der Waals surface area contributed by atoms with Gasteiger partial charge in [0.2, 0.25) is 0 Å². The van der Waals surface area contributed by atoms with E-state index in [1.807, 2.05) is 37.5 Å². The lowest BCUT2D eigenvalue weighted by molar-refractivity contribution is 0.413. The van der Waals surface area contributed by atoms with Crippen molar-refractivity contribution in [1.82, 2.24) is 14.5 Å². The van der Waals surface area contributed by atoms with Gasteiger partial charge in [-0.3, -0.25) is 4.98 Å². The summed E-state index contributed by atoms with van der Waals surface area (Å²) >= 11 is 1.69. The van der Waals surface area contributed by atoms with Gasteiger partial charge in [-0.1, -0.05) is 6.07 Å². The zero-order valence-corrected chi connectivity index (χ0v) is 12.2. The SMILES string of the molecule is COc1cc(C)nc(Cn2ccnc2-c2cccs2)c1. The smallest absolute Gasteiger partial charge is 0.150 e. The highest BCUT2D eigenvalue weighted by atomic mass is 32.1. The van der Waals surface area contributed by atoms with Crippen molar-refractivity contribution >= 4 is 11.3 Å². The Kier molecular flexibility index (Phi) is 3.52. The topological polar surface area (TPSA) is 39.9 Å². The molecule has 3 heterocycles. The quantitative estimate of drug-likeness (QED) is 0.738. The Bertz CT molecular complexity index is 704. The van der Waals surface area contributed by atoms with Crippen LogP contribution in [0, 0.1) is 6.92 Å². The molecule has 0 fully saturated rings. The molecule has 20 heavy (non-hydrogen) atoms. The van der Waals surface area contributed by atoms with Crippen LogP contribution in [0.2, 0.25) is 0 Å². The Morgan fingerprint density at radius 3 is 3.00 bits per heavy atom. The second kappa shape index (κ2) is 5.46. The van der Waals surface area contributed by atoms with Gasteiger partial charge in [0.15, 0.2) is 0 Å². The Morgan fingerprint density at radius 2 is 2.25 bits per heavy atom. The van der Waals surface area contributed by atoms with Gasteiger partial charge in [0, 0.05) is 30.2 Å². The lowest BCUT2D eigenvalue weighted by atomic mass is 10.3. The average Bonchev–Trinajstić information content (AvgIpc) is 3.08. The Morgan fingerprint density at radius 1 is 1.35 bits per heavy atom. The number of aromatic nitrogens is 3. The summed E-state index contributed by atoms with van der Waals surface area (Å²) in [5.74, 6) is 1.81. The fourth-order valence-corrected chi connectivity index (χ4v) is 2.88. The third-order valence-corrected chi connectivity index (χ3v) is 3.87. The summed E-state index contributed by atoms with van der Waals surface area (Å²) in [7, 11) is 1.67. The van der Waals surface area contributed by atoms with E-state index in [-0.39, 0.29) is 0 Å². The normalized spacial score (nSPS) is 10.7. The van der Waals surface area contributed by atoms with Gasteiger partial charge in [0.05, 0.1) is 24.2 Å². The number of nitrogens with zero attached hydrogens (tertiary/aromatic N) is 3. The molecule has 0 aliphatic rings. The fourth-order valence-electron chi connectivity index (χ4n) is 2.14. The van der Waals surface area contributed by atoms with Crippen molar-refractivity contribution < 1.29 is 4.74 Å². The summed E-state index contributed by atoms with van der Waals surface area (Å²) in [6, 6.07) is 8.00. The molecule has 0 saturated heterocycles. The van der Waals surface area contributed by atoms with Crippen molar-refractivity contribution in [2.75, 3.05) is 7.11 Å². The summed E-state index contributed by atoms with van der Waals surface area (Å²) in [6.07, 6.45) is 3.80. The van der Waals surface area contributed by atoms with Crippen LogP contribution in [-0.2, 0) is 6.54 Å². The lowest BCUT2D eigenvalue weighted by Crippen LogP contribution is -2.03. The number of hydrogen-bond acceptors (Lipinski definition) is 4. The summed E-state index contributed by atoms with van der Waals surface area (Å²) in [5, 5.41) is 2.06. The van der Waals surface area contributed by atoms with Crippen LogP contribution in [0.4, 0.5) is 0 Å². The highest BCUT2D eigenvalue weighted by Gasteiger charge is 2.09. The van der Waals surface area contributed by atoms with Crippen molar-refractivity contribution in [2.45, 2.75) is 13.5 Å². The highest BCUT2D eigenvalue weighted by Crippen LogP contribution is 2.24. The van der Waals surface area contributed by atoms with Crippen LogP contribution < -0.4 is 4.74 Å². The predicted molar refractivity (Wildman–Crippen MR) is 80.2 cm³/mol. The van der Waals surface area contributed by atoms with E-state index in [0.29, 0.717) is 6.54 Å². The Balaban J connectivity index is 1.92. The van der Waals surface area contributed by atoms with Gasteiger partial charge in [0.25, 0.3) is 0 Å². The maximum atomic E-state index is 5.29. The Hall–Kier alpha value is -2.14. The molecule has 0 N–H and O–H groups in total. The molecule has 0 atom stereocenters. The summed E-state index contributed by atoms with van der Waals surface area (Å²) in [6.45, 7) is 2.66. The van der Waals surface area contributed by atoms with Crippen molar-refractivity contribution in [3.8, 4) is 16.5 Å². The lowest BCUT2D eigenvalue weighted by Gasteiger charge is -2.09.